The van der Waals surface area contributed by atoms with Gasteiger partial charge in [-0.1, -0.05) is 11.6 Å². The minimum atomic E-state index is -0.284. The second-order valence-electron chi connectivity index (χ2n) is 4.60. The summed E-state index contributed by atoms with van der Waals surface area (Å²) in [5.74, 6) is 5.32. The Kier molecular flexibility index (Phi) is 4.62. The molecule has 0 bridgehead atoms. The van der Waals surface area contributed by atoms with E-state index in [0.717, 1.165) is 5.69 Å². The zero-order chi connectivity index (χ0) is 15.4. The lowest BCUT2D eigenvalue weighted by Crippen LogP contribution is -2.15. The number of hydrogen-bond acceptors (Lipinski definition) is 5. The summed E-state index contributed by atoms with van der Waals surface area (Å²) in [5, 5.41) is 2.98. The summed E-state index contributed by atoms with van der Waals surface area (Å²) in [6, 6.07) is 10.5. The van der Waals surface area contributed by atoms with Crippen LogP contribution >= 0.6 is 11.6 Å². The molecule has 0 aliphatic heterocycles. The summed E-state index contributed by atoms with van der Waals surface area (Å²) < 4.78 is 0. The molecule has 1 heterocycles. The number of carbonyl (C=O) groups is 1. The molecule has 1 amide bonds. The van der Waals surface area contributed by atoms with Crippen LogP contribution in [0.25, 0.3) is 0 Å². The van der Waals surface area contributed by atoms with Gasteiger partial charge in [-0.25, -0.2) is 10.8 Å². The van der Waals surface area contributed by atoms with Crippen LogP contribution in [0.15, 0.2) is 36.4 Å². The van der Waals surface area contributed by atoms with Crippen LogP contribution in [0.2, 0.25) is 5.15 Å². The number of nitrogen functional groups attached to an aromatic ring is 1. The minimum absolute atomic E-state index is 0.193. The van der Waals surface area contributed by atoms with Crippen LogP contribution in [0.5, 0.6) is 0 Å². The molecular formula is C14H16ClN5O. The van der Waals surface area contributed by atoms with Crippen molar-refractivity contribution in [3.63, 3.8) is 0 Å². The lowest BCUT2D eigenvalue weighted by atomic mass is 10.2. The standard InChI is InChI=1S/C14H16ClN5O/c1-20(2)11-5-3-10(4-6-11)17-14(21)9-7-12(15)18-13(8-9)19-16/h3-8H,16H2,1-2H3,(H,17,21)(H,18,19). The summed E-state index contributed by atoms with van der Waals surface area (Å²) in [5.41, 5.74) is 4.49. The third kappa shape index (κ3) is 3.84. The van der Waals surface area contributed by atoms with E-state index in [4.69, 9.17) is 17.4 Å². The van der Waals surface area contributed by atoms with Gasteiger partial charge in [0.15, 0.2) is 0 Å². The maximum atomic E-state index is 12.2. The van der Waals surface area contributed by atoms with Gasteiger partial charge in [0.1, 0.15) is 11.0 Å². The number of anilines is 3. The number of nitrogens with zero attached hydrogens (tertiary/aromatic N) is 2. The SMILES string of the molecule is CN(C)c1ccc(NC(=O)c2cc(Cl)nc(NN)c2)cc1. The Morgan fingerprint density at radius 3 is 2.48 bits per heavy atom. The van der Waals surface area contributed by atoms with Crippen LogP contribution < -0.4 is 21.5 Å². The summed E-state index contributed by atoms with van der Waals surface area (Å²) in [6.45, 7) is 0. The molecule has 0 unspecified atom stereocenters. The third-order valence-corrected chi connectivity index (χ3v) is 3.04. The number of benzene rings is 1. The smallest absolute Gasteiger partial charge is 0.255 e. The van der Waals surface area contributed by atoms with Crippen molar-refractivity contribution in [1.29, 1.82) is 0 Å². The lowest BCUT2D eigenvalue weighted by Gasteiger charge is -2.13. The minimum Gasteiger partial charge on any atom is -0.378 e. The van der Waals surface area contributed by atoms with Crippen molar-refractivity contribution in [1.82, 2.24) is 4.98 Å². The Bertz CT molecular complexity index is 642. The van der Waals surface area contributed by atoms with Crippen LogP contribution in [0, 0.1) is 0 Å². The van der Waals surface area contributed by atoms with Gasteiger partial charge in [0.05, 0.1) is 0 Å². The second kappa shape index (κ2) is 6.43. The zero-order valence-corrected chi connectivity index (χ0v) is 12.5. The first-order valence-electron chi connectivity index (χ1n) is 6.22. The normalized spacial score (nSPS) is 10.1. The van der Waals surface area contributed by atoms with Crippen LogP contribution in [0.1, 0.15) is 10.4 Å². The molecule has 2 rings (SSSR count). The lowest BCUT2D eigenvalue weighted by molar-refractivity contribution is 0.102. The van der Waals surface area contributed by atoms with Gasteiger partial charge in [0.2, 0.25) is 0 Å². The fraction of sp³-hybridized carbons (Fsp3) is 0.143. The van der Waals surface area contributed by atoms with Gasteiger partial charge < -0.3 is 15.6 Å². The highest BCUT2D eigenvalue weighted by Gasteiger charge is 2.09. The third-order valence-electron chi connectivity index (χ3n) is 2.85. The molecular weight excluding hydrogens is 290 g/mol. The number of pyridine rings is 1. The summed E-state index contributed by atoms with van der Waals surface area (Å²) in [6.07, 6.45) is 0. The van der Waals surface area contributed by atoms with Gasteiger partial charge in [-0.3, -0.25) is 4.79 Å². The highest BCUT2D eigenvalue weighted by Crippen LogP contribution is 2.18. The first-order chi connectivity index (χ1) is 9.99. The summed E-state index contributed by atoms with van der Waals surface area (Å²) >= 11 is 5.84. The Hall–Kier alpha value is -2.31. The predicted octanol–water partition coefficient (Wildman–Crippen LogP) is 2.34. The quantitative estimate of drug-likeness (QED) is 0.459. The monoisotopic (exact) mass is 305 g/mol. The number of amides is 1. The molecule has 7 heteroatoms. The molecule has 0 fully saturated rings. The second-order valence-corrected chi connectivity index (χ2v) is 4.99. The number of nitrogens with two attached hydrogens (primary N) is 1. The van der Waals surface area contributed by atoms with Gasteiger partial charge in [0, 0.05) is 31.0 Å². The number of rotatable bonds is 4. The molecule has 0 aliphatic carbocycles. The van der Waals surface area contributed by atoms with Crippen LogP contribution in [-0.4, -0.2) is 25.0 Å². The summed E-state index contributed by atoms with van der Waals surface area (Å²) in [7, 11) is 3.90. The Morgan fingerprint density at radius 2 is 1.90 bits per heavy atom. The first-order valence-corrected chi connectivity index (χ1v) is 6.60. The highest BCUT2D eigenvalue weighted by atomic mass is 35.5. The van der Waals surface area contributed by atoms with Crippen LogP contribution in [0.4, 0.5) is 17.2 Å². The molecule has 0 atom stereocenters. The maximum Gasteiger partial charge on any atom is 0.255 e. The van der Waals surface area contributed by atoms with Gasteiger partial charge in [0.25, 0.3) is 5.91 Å². The number of nitrogens with one attached hydrogen (secondary N) is 2. The van der Waals surface area contributed by atoms with E-state index in [1.165, 1.54) is 12.1 Å². The van der Waals surface area contributed by atoms with Gasteiger partial charge in [-0.15, -0.1) is 0 Å². The van der Waals surface area contributed by atoms with Crippen molar-refractivity contribution in [3.05, 3.63) is 47.1 Å². The molecule has 0 spiro atoms. The highest BCUT2D eigenvalue weighted by molar-refractivity contribution is 6.30. The van der Waals surface area contributed by atoms with E-state index >= 15 is 0 Å². The molecule has 0 saturated heterocycles. The van der Waals surface area contributed by atoms with E-state index in [9.17, 15) is 4.79 Å². The molecule has 0 saturated carbocycles. The van der Waals surface area contributed by atoms with Crippen molar-refractivity contribution in [2.45, 2.75) is 0 Å². The molecule has 0 aliphatic rings. The molecule has 110 valence electrons. The van der Waals surface area contributed by atoms with Crippen molar-refractivity contribution in [3.8, 4) is 0 Å². The molecule has 6 nitrogen and oxygen atoms in total. The largest absolute Gasteiger partial charge is 0.378 e. The van der Waals surface area contributed by atoms with Crippen LogP contribution in [0.3, 0.4) is 0 Å². The fourth-order valence-corrected chi connectivity index (χ4v) is 1.96. The number of halogens is 1. The average Bonchev–Trinajstić information content (AvgIpc) is 2.47. The number of carbonyl (C=O) groups excluding carboxylic acids is 1. The molecule has 1 aromatic carbocycles. The molecule has 1 aromatic heterocycles. The number of aromatic nitrogens is 1. The topological polar surface area (TPSA) is 83.3 Å². The molecule has 2 aromatic rings. The Morgan fingerprint density at radius 1 is 1.24 bits per heavy atom. The van der Waals surface area contributed by atoms with Crippen molar-refractivity contribution >= 4 is 34.7 Å². The predicted molar refractivity (Wildman–Crippen MR) is 85.8 cm³/mol. The Labute approximate surface area is 127 Å². The average molecular weight is 306 g/mol. The van der Waals surface area contributed by atoms with Gasteiger partial charge in [-0.05, 0) is 36.4 Å². The number of hydrazine groups is 1. The zero-order valence-electron chi connectivity index (χ0n) is 11.7. The Balaban J connectivity index is 2.15. The van der Waals surface area contributed by atoms with Crippen molar-refractivity contribution < 1.29 is 4.79 Å². The van der Waals surface area contributed by atoms with Crippen molar-refractivity contribution in [2.24, 2.45) is 5.84 Å². The maximum absolute atomic E-state index is 12.2. The molecule has 4 N–H and O–H groups in total. The number of hydrogen-bond donors (Lipinski definition) is 3. The molecule has 21 heavy (non-hydrogen) atoms. The molecule has 0 radical (unpaired) electrons. The van der Waals surface area contributed by atoms with E-state index in [1.54, 1.807) is 0 Å². The van der Waals surface area contributed by atoms with E-state index in [0.29, 0.717) is 17.1 Å². The van der Waals surface area contributed by atoms with Crippen LogP contribution in [-0.2, 0) is 0 Å². The van der Waals surface area contributed by atoms with Crippen molar-refractivity contribution in [2.75, 3.05) is 29.7 Å². The first kappa shape index (κ1) is 15.1. The summed E-state index contributed by atoms with van der Waals surface area (Å²) in [4.78, 5) is 18.1. The fourth-order valence-electron chi connectivity index (χ4n) is 1.75. The van der Waals surface area contributed by atoms with E-state index < -0.39 is 0 Å². The van der Waals surface area contributed by atoms with Gasteiger partial charge in [-0.2, -0.15) is 0 Å². The van der Waals surface area contributed by atoms with E-state index in [1.807, 2.05) is 43.3 Å². The van der Waals surface area contributed by atoms with Gasteiger partial charge >= 0.3 is 0 Å². The van der Waals surface area contributed by atoms with E-state index in [-0.39, 0.29) is 11.1 Å². The van der Waals surface area contributed by atoms with E-state index in [2.05, 4.69) is 15.7 Å².